The normalized spacial score (nSPS) is 11.8. The summed E-state index contributed by atoms with van der Waals surface area (Å²) in [6.45, 7) is 5.24. The van der Waals surface area contributed by atoms with Crippen LogP contribution in [0.1, 0.15) is 16.8 Å². The molecule has 0 amide bonds. The molecule has 96 valence electrons. The molecular weight excluding hydrogens is 272 g/mol. The second kappa shape index (κ2) is 4.40. The predicted octanol–water partition coefficient (Wildman–Crippen LogP) is 2.70. The summed E-state index contributed by atoms with van der Waals surface area (Å²) in [5.41, 5.74) is 2.01. The van der Waals surface area contributed by atoms with Gasteiger partial charge >= 0.3 is 0 Å². The van der Waals surface area contributed by atoms with Crippen LogP contribution < -0.4 is 0 Å². The summed E-state index contributed by atoms with van der Waals surface area (Å²) in [6.07, 6.45) is 2.78. The van der Waals surface area contributed by atoms with Gasteiger partial charge in [-0.05, 0) is 44.0 Å². The first-order valence-corrected chi connectivity index (χ1v) is 7.17. The molecular formula is C12H13ClN2O2S. The number of hydrogen-bond acceptors (Lipinski definition) is 3. The average molecular weight is 285 g/mol. The van der Waals surface area contributed by atoms with E-state index in [0.29, 0.717) is 16.3 Å². The Bertz CT molecular complexity index is 705. The molecule has 0 bridgehead atoms. The minimum Gasteiger partial charge on any atom is -0.241 e. The number of rotatable bonds is 2. The van der Waals surface area contributed by atoms with E-state index in [2.05, 4.69) is 4.98 Å². The zero-order valence-corrected chi connectivity index (χ0v) is 11.9. The van der Waals surface area contributed by atoms with E-state index < -0.39 is 10.0 Å². The summed E-state index contributed by atoms with van der Waals surface area (Å²) >= 11 is 5.97. The minimum absolute atomic E-state index is 0.252. The molecule has 1 heterocycles. The average Bonchev–Trinajstić information content (AvgIpc) is 2.70. The highest BCUT2D eigenvalue weighted by molar-refractivity contribution is 7.90. The molecule has 0 fully saturated rings. The third-order valence-corrected chi connectivity index (χ3v) is 4.86. The molecule has 2 aromatic rings. The van der Waals surface area contributed by atoms with Crippen molar-refractivity contribution >= 4 is 21.6 Å². The van der Waals surface area contributed by atoms with E-state index in [9.17, 15) is 8.42 Å². The van der Waals surface area contributed by atoms with Crippen molar-refractivity contribution in [3.63, 3.8) is 0 Å². The molecule has 0 aliphatic heterocycles. The largest absolute Gasteiger partial charge is 0.269 e. The van der Waals surface area contributed by atoms with Crippen LogP contribution in [0.25, 0.3) is 0 Å². The van der Waals surface area contributed by atoms with Crippen LogP contribution in [-0.4, -0.2) is 17.4 Å². The van der Waals surface area contributed by atoms with Crippen molar-refractivity contribution < 1.29 is 8.42 Å². The summed E-state index contributed by atoms with van der Waals surface area (Å²) in [5.74, 6) is 0. The van der Waals surface area contributed by atoms with Crippen LogP contribution in [0.3, 0.4) is 0 Å². The summed E-state index contributed by atoms with van der Waals surface area (Å²) in [7, 11) is -3.59. The molecule has 1 aromatic carbocycles. The van der Waals surface area contributed by atoms with E-state index in [4.69, 9.17) is 11.6 Å². The van der Waals surface area contributed by atoms with Crippen molar-refractivity contribution in [1.29, 1.82) is 0 Å². The first kappa shape index (κ1) is 13.1. The highest BCUT2D eigenvalue weighted by atomic mass is 35.5. The van der Waals surface area contributed by atoms with Gasteiger partial charge in [-0.2, -0.15) is 0 Å². The molecule has 0 atom stereocenters. The Balaban J connectivity index is 2.65. The van der Waals surface area contributed by atoms with E-state index in [0.717, 1.165) is 9.54 Å². The number of imidazole rings is 1. The Hall–Kier alpha value is -1.33. The molecule has 0 aliphatic rings. The van der Waals surface area contributed by atoms with Crippen molar-refractivity contribution in [2.75, 3.05) is 0 Å². The number of aryl methyl sites for hydroxylation is 3. The van der Waals surface area contributed by atoms with E-state index in [-0.39, 0.29) is 4.90 Å². The zero-order chi connectivity index (χ0) is 13.5. The summed E-state index contributed by atoms with van der Waals surface area (Å²) < 4.78 is 25.9. The second-order valence-electron chi connectivity index (χ2n) is 4.22. The number of hydrogen-bond donors (Lipinski definition) is 0. The van der Waals surface area contributed by atoms with Gasteiger partial charge in [0.1, 0.15) is 6.33 Å². The summed E-state index contributed by atoms with van der Waals surface area (Å²) in [5, 5.41) is 0.563. The van der Waals surface area contributed by atoms with Gasteiger partial charge in [0.2, 0.25) is 0 Å². The molecule has 6 heteroatoms. The minimum atomic E-state index is -3.59. The van der Waals surface area contributed by atoms with Crippen molar-refractivity contribution in [3.05, 3.63) is 46.5 Å². The van der Waals surface area contributed by atoms with Crippen LogP contribution in [0.4, 0.5) is 0 Å². The molecule has 4 nitrogen and oxygen atoms in total. The molecule has 0 aliphatic carbocycles. The van der Waals surface area contributed by atoms with E-state index in [1.165, 1.54) is 12.5 Å². The fourth-order valence-corrected chi connectivity index (χ4v) is 3.38. The lowest BCUT2D eigenvalue weighted by Crippen LogP contribution is -2.12. The van der Waals surface area contributed by atoms with Crippen molar-refractivity contribution in [2.24, 2.45) is 0 Å². The third-order valence-electron chi connectivity index (χ3n) is 2.70. The molecule has 1 aromatic heterocycles. The smallest absolute Gasteiger partial charge is 0.241 e. The highest BCUT2D eigenvalue weighted by Gasteiger charge is 2.20. The van der Waals surface area contributed by atoms with Gasteiger partial charge < -0.3 is 0 Å². The third kappa shape index (κ3) is 2.15. The molecule has 0 N–H and O–H groups in total. The van der Waals surface area contributed by atoms with Crippen LogP contribution in [-0.2, 0) is 10.0 Å². The summed E-state index contributed by atoms with van der Waals surface area (Å²) in [6, 6.07) is 3.25. The summed E-state index contributed by atoms with van der Waals surface area (Å²) in [4.78, 5) is 4.19. The van der Waals surface area contributed by atoms with E-state index in [1.54, 1.807) is 32.9 Å². The second-order valence-corrected chi connectivity index (χ2v) is 6.44. The van der Waals surface area contributed by atoms with Crippen molar-refractivity contribution in [1.82, 2.24) is 8.96 Å². The van der Waals surface area contributed by atoms with Crippen molar-refractivity contribution in [2.45, 2.75) is 25.7 Å². The number of aromatic nitrogens is 2. The lowest BCUT2D eigenvalue weighted by Gasteiger charge is -2.10. The van der Waals surface area contributed by atoms with E-state index >= 15 is 0 Å². The van der Waals surface area contributed by atoms with Crippen molar-refractivity contribution in [3.8, 4) is 0 Å². The van der Waals surface area contributed by atoms with Gasteiger partial charge in [0.15, 0.2) is 0 Å². The number of benzene rings is 1. The van der Waals surface area contributed by atoms with Crippen LogP contribution >= 0.6 is 11.6 Å². The van der Waals surface area contributed by atoms with Gasteiger partial charge in [-0.25, -0.2) is 17.4 Å². The first-order valence-electron chi connectivity index (χ1n) is 5.35. The maximum atomic E-state index is 12.4. The molecule has 0 saturated heterocycles. The predicted molar refractivity (Wildman–Crippen MR) is 70.5 cm³/mol. The van der Waals surface area contributed by atoms with Crippen LogP contribution in [0.15, 0.2) is 29.6 Å². The monoisotopic (exact) mass is 284 g/mol. The van der Waals surface area contributed by atoms with E-state index in [1.807, 2.05) is 0 Å². The van der Waals surface area contributed by atoms with Gasteiger partial charge in [0, 0.05) is 11.2 Å². The maximum Gasteiger partial charge on any atom is 0.269 e. The quantitative estimate of drug-likeness (QED) is 0.852. The fraction of sp³-hybridized carbons (Fsp3) is 0.250. The molecule has 18 heavy (non-hydrogen) atoms. The number of nitrogens with zero attached hydrogens (tertiary/aromatic N) is 2. The Morgan fingerprint density at radius 2 is 1.83 bits per heavy atom. The topological polar surface area (TPSA) is 52.0 Å². The molecule has 0 spiro atoms. The van der Waals surface area contributed by atoms with Crippen LogP contribution in [0.5, 0.6) is 0 Å². The Labute approximate surface area is 111 Å². The maximum absolute atomic E-state index is 12.4. The van der Waals surface area contributed by atoms with Gasteiger partial charge in [0.25, 0.3) is 10.0 Å². The molecule has 2 rings (SSSR count). The Morgan fingerprint density at radius 1 is 1.17 bits per heavy atom. The van der Waals surface area contributed by atoms with Crippen LogP contribution in [0.2, 0.25) is 5.02 Å². The first-order chi connectivity index (χ1) is 8.32. The van der Waals surface area contributed by atoms with Gasteiger partial charge in [0.05, 0.1) is 10.6 Å². The SMILES string of the molecule is Cc1cn(S(=O)(=O)c2cc(C)c(Cl)cc2C)cn1. The molecule has 0 radical (unpaired) electrons. The highest BCUT2D eigenvalue weighted by Crippen LogP contribution is 2.25. The van der Waals surface area contributed by atoms with Gasteiger partial charge in [-0.15, -0.1) is 0 Å². The molecule has 0 unspecified atom stereocenters. The lowest BCUT2D eigenvalue weighted by molar-refractivity contribution is 0.586. The zero-order valence-electron chi connectivity index (χ0n) is 10.3. The standard InChI is InChI=1S/C12H13ClN2O2S/c1-8-5-12(9(2)4-11(8)13)18(16,17)15-6-10(3)14-7-15/h4-7H,1-3H3. The Kier molecular flexibility index (Phi) is 3.21. The van der Waals surface area contributed by atoms with Crippen LogP contribution in [0, 0.1) is 20.8 Å². The van der Waals surface area contributed by atoms with Gasteiger partial charge in [-0.3, -0.25) is 0 Å². The fourth-order valence-electron chi connectivity index (χ4n) is 1.68. The number of halogens is 1. The van der Waals surface area contributed by atoms with Gasteiger partial charge in [-0.1, -0.05) is 11.6 Å². The molecule has 0 saturated carbocycles. The lowest BCUT2D eigenvalue weighted by atomic mass is 10.2. The Morgan fingerprint density at radius 3 is 2.39 bits per heavy atom.